The molecular weight excluding hydrogens is 258 g/mol. The van der Waals surface area contributed by atoms with Gasteiger partial charge in [-0.25, -0.2) is 4.57 Å². The van der Waals surface area contributed by atoms with Gasteiger partial charge in [0.05, 0.1) is 30.6 Å². The Labute approximate surface area is 113 Å². The van der Waals surface area contributed by atoms with Crippen molar-refractivity contribution in [3.8, 4) is 17.3 Å². The molecule has 0 aliphatic rings. The van der Waals surface area contributed by atoms with Crippen molar-refractivity contribution in [2.24, 2.45) is 0 Å². The van der Waals surface area contributed by atoms with Crippen molar-refractivity contribution < 1.29 is 9.84 Å². The van der Waals surface area contributed by atoms with E-state index in [0.717, 1.165) is 0 Å². The van der Waals surface area contributed by atoms with E-state index in [1.807, 2.05) is 0 Å². The first-order valence-corrected chi connectivity index (χ1v) is 5.90. The fourth-order valence-electron chi connectivity index (χ4n) is 2.04. The maximum absolute atomic E-state index is 12.1. The van der Waals surface area contributed by atoms with Crippen LogP contribution in [0.3, 0.4) is 0 Å². The predicted molar refractivity (Wildman–Crippen MR) is 73.4 cm³/mol. The molecule has 6 nitrogen and oxygen atoms in total. The van der Waals surface area contributed by atoms with Crippen LogP contribution in [0.4, 0.5) is 0 Å². The number of rotatable bonds is 2. The molecule has 3 aromatic rings. The number of aromatic hydroxyl groups is 1. The first kappa shape index (κ1) is 12.2. The van der Waals surface area contributed by atoms with Crippen molar-refractivity contribution in [1.29, 1.82) is 0 Å². The Balaban J connectivity index is 2.27. The molecule has 1 N–H and O–H groups in total. The molecule has 0 bridgehead atoms. The lowest BCUT2D eigenvalue weighted by Crippen LogP contribution is -2.17. The van der Waals surface area contributed by atoms with Crippen molar-refractivity contribution in [3.05, 3.63) is 53.1 Å². The molecule has 2 aromatic heterocycles. The van der Waals surface area contributed by atoms with Crippen LogP contribution in [0.1, 0.15) is 0 Å². The zero-order valence-corrected chi connectivity index (χ0v) is 10.6. The summed E-state index contributed by atoms with van der Waals surface area (Å²) in [6.07, 6.45) is 2.86. The largest absolute Gasteiger partial charge is 0.497 e. The number of benzene rings is 1. The SMILES string of the molecule is COc1ccc(-n2c(O)c3cnncc3cc2=O)cc1. The van der Waals surface area contributed by atoms with Gasteiger partial charge in [0, 0.05) is 11.5 Å². The summed E-state index contributed by atoms with van der Waals surface area (Å²) in [6, 6.07) is 8.24. The second-order valence-electron chi connectivity index (χ2n) is 4.20. The Kier molecular flexibility index (Phi) is 2.83. The van der Waals surface area contributed by atoms with Crippen LogP contribution >= 0.6 is 0 Å². The van der Waals surface area contributed by atoms with Crippen LogP contribution in [-0.4, -0.2) is 27.0 Å². The Hall–Kier alpha value is -2.89. The summed E-state index contributed by atoms with van der Waals surface area (Å²) in [5.41, 5.74) is 0.208. The molecule has 0 fully saturated rings. The summed E-state index contributed by atoms with van der Waals surface area (Å²) in [4.78, 5) is 12.1. The molecule has 0 unspecified atom stereocenters. The van der Waals surface area contributed by atoms with E-state index >= 15 is 0 Å². The summed E-state index contributed by atoms with van der Waals surface area (Å²) < 4.78 is 6.28. The molecule has 1 aromatic carbocycles. The van der Waals surface area contributed by atoms with Gasteiger partial charge >= 0.3 is 0 Å². The Bertz CT molecular complexity index is 825. The summed E-state index contributed by atoms with van der Waals surface area (Å²) in [6.45, 7) is 0. The third kappa shape index (κ3) is 1.87. The van der Waals surface area contributed by atoms with E-state index in [-0.39, 0.29) is 11.4 Å². The van der Waals surface area contributed by atoms with E-state index in [9.17, 15) is 9.90 Å². The highest BCUT2D eigenvalue weighted by Gasteiger charge is 2.11. The molecule has 6 heteroatoms. The van der Waals surface area contributed by atoms with Gasteiger partial charge in [0.15, 0.2) is 0 Å². The number of hydrogen-bond acceptors (Lipinski definition) is 5. The molecule has 0 atom stereocenters. The van der Waals surface area contributed by atoms with E-state index in [1.165, 1.54) is 23.0 Å². The molecule has 0 amide bonds. The van der Waals surface area contributed by atoms with Crippen molar-refractivity contribution in [1.82, 2.24) is 14.8 Å². The molecule has 0 aliphatic heterocycles. The van der Waals surface area contributed by atoms with E-state index in [2.05, 4.69) is 10.2 Å². The molecular formula is C14H11N3O3. The van der Waals surface area contributed by atoms with Crippen LogP contribution in [0.2, 0.25) is 0 Å². The van der Waals surface area contributed by atoms with Gasteiger partial charge < -0.3 is 9.84 Å². The zero-order chi connectivity index (χ0) is 14.1. The lowest BCUT2D eigenvalue weighted by atomic mass is 10.2. The average Bonchev–Trinajstić information content (AvgIpc) is 2.48. The van der Waals surface area contributed by atoms with Crippen molar-refractivity contribution >= 4 is 10.8 Å². The molecule has 20 heavy (non-hydrogen) atoms. The van der Waals surface area contributed by atoms with E-state index in [4.69, 9.17) is 4.74 Å². The predicted octanol–water partition coefficient (Wildman–Crippen LogP) is 1.49. The lowest BCUT2D eigenvalue weighted by Gasteiger charge is -2.10. The second-order valence-corrected chi connectivity index (χ2v) is 4.20. The van der Waals surface area contributed by atoms with Crippen molar-refractivity contribution in [2.75, 3.05) is 7.11 Å². The summed E-state index contributed by atoms with van der Waals surface area (Å²) in [5, 5.41) is 18.7. The highest BCUT2D eigenvalue weighted by atomic mass is 16.5. The monoisotopic (exact) mass is 269 g/mol. The van der Waals surface area contributed by atoms with Crippen LogP contribution in [-0.2, 0) is 0 Å². The van der Waals surface area contributed by atoms with E-state index in [0.29, 0.717) is 22.2 Å². The molecule has 0 spiro atoms. The minimum Gasteiger partial charge on any atom is -0.497 e. The molecule has 0 aliphatic carbocycles. The number of methoxy groups -OCH3 is 1. The van der Waals surface area contributed by atoms with Crippen LogP contribution in [0.15, 0.2) is 47.5 Å². The highest BCUT2D eigenvalue weighted by molar-refractivity contribution is 5.85. The first-order valence-electron chi connectivity index (χ1n) is 5.90. The van der Waals surface area contributed by atoms with Crippen LogP contribution in [0.5, 0.6) is 11.6 Å². The van der Waals surface area contributed by atoms with Gasteiger partial charge in [0.1, 0.15) is 5.75 Å². The fraction of sp³-hybridized carbons (Fsp3) is 0.0714. The van der Waals surface area contributed by atoms with Gasteiger partial charge in [-0.2, -0.15) is 10.2 Å². The van der Waals surface area contributed by atoms with Crippen LogP contribution in [0.25, 0.3) is 16.5 Å². The third-order valence-corrected chi connectivity index (χ3v) is 3.04. The Morgan fingerprint density at radius 2 is 1.85 bits per heavy atom. The van der Waals surface area contributed by atoms with Gasteiger partial charge in [-0.15, -0.1) is 0 Å². The second kappa shape index (κ2) is 4.65. The minimum absolute atomic E-state index is 0.160. The van der Waals surface area contributed by atoms with Crippen molar-refractivity contribution in [3.63, 3.8) is 0 Å². The quantitative estimate of drug-likeness (QED) is 0.762. The maximum Gasteiger partial charge on any atom is 0.258 e. The molecule has 100 valence electrons. The Morgan fingerprint density at radius 1 is 1.15 bits per heavy atom. The average molecular weight is 269 g/mol. The van der Waals surface area contributed by atoms with Crippen LogP contribution < -0.4 is 10.3 Å². The van der Waals surface area contributed by atoms with Gasteiger partial charge in [0.2, 0.25) is 5.88 Å². The number of fused-ring (bicyclic) bond motifs is 1. The van der Waals surface area contributed by atoms with Crippen LogP contribution in [0, 0.1) is 0 Å². The smallest absolute Gasteiger partial charge is 0.258 e. The van der Waals surface area contributed by atoms with Gasteiger partial charge in [-0.1, -0.05) is 0 Å². The maximum atomic E-state index is 12.1. The van der Waals surface area contributed by atoms with Crippen molar-refractivity contribution in [2.45, 2.75) is 0 Å². The zero-order valence-electron chi connectivity index (χ0n) is 10.6. The fourth-order valence-corrected chi connectivity index (χ4v) is 2.04. The molecule has 2 heterocycles. The lowest BCUT2D eigenvalue weighted by molar-refractivity contribution is 0.414. The summed E-state index contributed by atoms with van der Waals surface area (Å²) in [5.74, 6) is 0.514. The number of nitrogens with zero attached hydrogens (tertiary/aromatic N) is 3. The minimum atomic E-state index is -0.340. The Morgan fingerprint density at radius 3 is 2.55 bits per heavy atom. The molecule has 3 rings (SSSR count). The topological polar surface area (TPSA) is 77.2 Å². The standard InChI is InChI=1S/C14H11N3O3/c1-20-11-4-2-10(3-5-11)17-13(18)6-9-7-15-16-8-12(9)14(17)19/h2-8,19H,1H3. The first-order chi connectivity index (χ1) is 9.70. The molecule has 0 saturated carbocycles. The van der Waals surface area contributed by atoms with E-state index in [1.54, 1.807) is 31.4 Å². The summed E-state index contributed by atoms with van der Waals surface area (Å²) in [7, 11) is 1.56. The van der Waals surface area contributed by atoms with Gasteiger partial charge in [-0.05, 0) is 24.3 Å². The molecule has 0 saturated heterocycles. The highest BCUT2D eigenvalue weighted by Crippen LogP contribution is 2.24. The third-order valence-electron chi connectivity index (χ3n) is 3.04. The normalized spacial score (nSPS) is 10.7. The number of pyridine rings is 1. The number of hydrogen-bond donors (Lipinski definition) is 1. The number of ether oxygens (including phenoxy) is 1. The molecule has 0 radical (unpaired) electrons. The summed E-state index contributed by atoms with van der Waals surface area (Å²) >= 11 is 0. The van der Waals surface area contributed by atoms with E-state index < -0.39 is 0 Å². The van der Waals surface area contributed by atoms with Gasteiger partial charge in [0.25, 0.3) is 5.56 Å². The number of aromatic nitrogens is 3. The van der Waals surface area contributed by atoms with Gasteiger partial charge in [-0.3, -0.25) is 4.79 Å².